The Morgan fingerprint density at radius 1 is 1.31 bits per heavy atom. The van der Waals surface area contributed by atoms with Crippen LogP contribution in [0.5, 0.6) is 0 Å². The Labute approximate surface area is 162 Å². The van der Waals surface area contributed by atoms with E-state index in [0.717, 1.165) is 24.1 Å². The van der Waals surface area contributed by atoms with E-state index in [1.54, 1.807) is 17.0 Å². The molecule has 140 valence electrons. The van der Waals surface area contributed by atoms with Crippen molar-refractivity contribution in [1.29, 1.82) is 0 Å². The summed E-state index contributed by atoms with van der Waals surface area (Å²) in [6, 6.07) is 5.40. The number of likely N-dealkylation sites (tertiary alicyclic amines) is 1. The Bertz CT molecular complexity index is 734. The largest absolute Gasteiger partial charge is 0.391 e. The van der Waals surface area contributed by atoms with Gasteiger partial charge in [-0.1, -0.05) is 34.4 Å². The molecule has 1 aliphatic heterocycles. The molecule has 0 bridgehead atoms. The molecule has 1 aromatic carbocycles. The third kappa shape index (κ3) is 5.11. The highest BCUT2D eigenvalue weighted by Crippen LogP contribution is 2.24. The van der Waals surface area contributed by atoms with E-state index < -0.39 is 0 Å². The molecular formula is C18H21Cl2N3O3. The van der Waals surface area contributed by atoms with Crippen LogP contribution in [0.1, 0.15) is 38.2 Å². The Kier molecular flexibility index (Phi) is 6.04. The summed E-state index contributed by atoms with van der Waals surface area (Å²) in [5.41, 5.74) is 1.61. The molecule has 3 rings (SSSR count). The van der Waals surface area contributed by atoms with Crippen molar-refractivity contribution in [3.8, 4) is 0 Å². The minimum atomic E-state index is -0.168. The van der Waals surface area contributed by atoms with Gasteiger partial charge in [0.1, 0.15) is 6.61 Å². The van der Waals surface area contributed by atoms with Crippen molar-refractivity contribution in [3.63, 3.8) is 0 Å². The first-order valence-corrected chi connectivity index (χ1v) is 9.36. The molecule has 2 aliphatic rings. The summed E-state index contributed by atoms with van der Waals surface area (Å²) in [7, 11) is 0. The molecule has 2 amide bonds. The minimum Gasteiger partial charge on any atom is -0.391 e. The molecule has 1 heterocycles. The molecule has 1 atom stereocenters. The zero-order chi connectivity index (χ0) is 18.7. The van der Waals surface area contributed by atoms with Gasteiger partial charge in [0.25, 0.3) is 0 Å². The number of oxime groups is 1. The number of nitrogens with one attached hydrogen (secondary N) is 1. The van der Waals surface area contributed by atoms with Gasteiger partial charge in [-0.2, -0.15) is 0 Å². The van der Waals surface area contributed by atoms with Crippen molar-refractivity contribution in [3.05, 3.63) is 33.8 Å². The maximum Gasteiger partial charge on any atom is 0.222 e. The summed E-state index contributed by atoms with van der Waals surface area (Å²) in [5, 5.41) is 8.06. The summed E-state index contributed by atoms with van der Waals surface area (Å²) >= 11 is 11.9. The highest BCUT2D eigenvalue weighted by molar-refractivity contribution is 6.42. The molecule has 1 saturated heterocycles. The lowest BCUT2D eigenvalue weighted by Gasteiger charge is -2.21. The number of halogens is 2. The van der Waals surface area contributed by atoms with Gasteiger partial charge in [0.2, 0.25) is 11.8 Å². The summed E-state index contributed by atoms with van der Waals surface area (Å²) in [5.74, 6) is -0.0781. The number of benzene rings is 1. The molecule has 1 N–H and O–H groups in total. The molecule has 0 unspecified atom stereocenters. The van der Waals surface area contributed by atoms with Crippen molar-refractivity contribution in [2.24, 2.45) is 5.16 Å². The zero-order valence-electron chi connectivity index (χ0n) is 14.5. The fourth-order valence-electron chi connectivity index (χ4n) is 2.95. The Morgan fingerprint density at radius 2 is 2.08 bits per heavy atom. The molecule has 0 radical (unpaired) electrons. The van der Waals surface area contributed by atoms with Crippen LogP contribution < -0.4 is 5.32 Å². The van der Waals surface area contributed by atoms with Crippen molar-refractivity contribution in [1.82, 2.24) is 10.2 Å². The van der Waals surface area contributed by atoms with Crippen molar-refractivity contribution < 1.29 is 14.4 Å². The second-order valence-electron chi connectivity index (χ2n) is 6.73. The van der Waals surface area contributed by atoms with E-state index in [2.05, 4.69) is 10.5 Å². The number of carbonyl (C=O) groups is 2. The predicted molar refractivity (Wildman–Crippen MR) is 100 cm³/mol. The van der Waals surface area contributed by atoms with E-state index in [0.29, 0.717) is 35.5 Å². The molecule has 26 heavy (non-hydrogen) atoms. The van der Waals surface area contributed by atoms with E-state index in [1.165, 1.54) is 6.92 Å². The molecule has 0 spiro atoms. The second kappa shape index (κ2) is 8.27. The van der Waals surface area contributed by atoms with Gasteiger partial charge in [0.05, 0.1) is 22.3 Å². The van der Waals surface area contributed by atoms with E-state index in [9.17, 15) is 9.59 Å². The quantitative estimate of drug-likeness (QED) is 0.749. The van der Waals surface area contributed by atoms with Gasteiger partial charge in [0.15, 0.2) is 0 Å². The normalized spacial score (nSPS) is 21.1. The van der Waals surface area contributed by atoms with Gasteiger partial charge in [-0.15, -0.1) is 0 Å². The number of hydrogen-bond acceptors (Lipinski definition) is 4. The van der Waals surface area contributed by atoms with Crippen LogP contribution in [0.3, 0.4) is 0 Å². The van der Waals surface area contributed by atoms with E-state index in [-0.39, 0.29) is 24.5 Å². The summed E-state index contributed by atoms with van der Waals surface area (Å²) < 4.78 is 0. The molecule has 1 aliphatic carbocycles. The Morgan fingerprint density at radius 3 is 2.73 bits per heavy atom. The lowest BCUT2D eigenvalue weighted by Crippen LogP contribution is -2.38. The van der Waals surface area contributed by atoms with Crippen molar-refractivity contribution in [2.75, 3.05) is 6.54 Å². The van der Waals surface area contributed by atoms with Gasteiger partial charge in [-0.05, 0) is 30.5 Å². The molecular weight excluding hydrogens is 377 g/mol. The van der Waals surface area contributed by atoms with Crippen LogP contribution in [0.2, 0.25) is 10.0 Å². The first-order chi connectivity index (χ1) is 12.4. The van der Waals surface area contributed by atoms with E-state index >= 15 is 0 Å². The van der Waals surface area contributed by atoms with Gasteiger partial charge >= 0.3 is 0 Å². The topological polar surface area (TPSA) is 71.0 Å². The number of amides is 2. The van der Waals surface area contributed by atoms with Crippen molar-refractivity contribution in [2.45, 2.75) is 51.3 Å². The number of rotatable bonds is 6. The zero-order valence-corrected chi connectivity index (χ0v) is 16.0. The number of carbonyl (C=O) groups excluding carboxylic acids is 2. The second-order valence-corrected chi connectivity index (χ2v) is 7.54. The molecule has 1 aromatic rings. The fourth-order valence-corrected chi connectivity index (χ4v) is 3.27. The van der Waals surface area contributed by atoms with Gasteiger partial charge in [0, 0.05) is 31.8 Å². The highest BCUT2D eigenvalue weighted by Gasteiger charge is 2.34. The third-order valence-corrected chi connectivity index (χ3v) is 5.18. The average molecular weight is 398 g/mol. The maximum absolute atomic E-state index is 12.0. The summed E-state index contributed by atoms with van der Waals surface area (Å²) in [6.45, 7) is 2.15. The summed E-state index contributed by atoms with van der Waals surface area (Å²) in [4.78, 5) is 31.0. The van der Waals surface area contributed by atoms with Crippen LogP contribution in [0.15, 0.2) is 23.4 Å². The average Bonchev–Trinajstić information content (AvgIpc) is 3.29. The summed E-state index contributed by atoms with van der Waals surface area (Å²) in [6.07, 6.45) is 2.92. The van der Waals surface area contributed by atoms with Crippen LogP contribution in [0.4, 0.5) is 0 Å². The minimum absolute atomic E-state index is 0.0123. The Hall–Kier alpha value is -1.79. The molecule has 0 aromatic heterocycles. The van der Waals surface area contributed by atoms with Gasteiger partial charge in [-0.3, -0.25) is 9.59 Å². The van der Waals surface area contributed by atoms with Crippen LogP contribution in [-0.2, 0) is 21.0 Å². The number of nitrogens with zero attached hydrogens (tertiary/aromatic N) is 2. The monoisotopic (exact) mass is 397 g/mol. The van der Waals surface area contributed by atoms with Crippen molar-refractivity contribution >= 4 is 40.7 Å². The lowest BCUT2D eigenvalue weighted by molar-refractivity contribution is -0.130. The molecule has 2 fully saturated rings. The highest BCUT2D eigenvalue weighted by atomic mass is 35.5. The Balaban J connectivity index is 1.55. The first kappa shape index (κ1) is 19.0. The van der Waals surface area contributed by atoms with Crippen LogP contribution in [0.25, 0.3) is 0 Å². The van der Waals surface area contributed by atoms with Crippen LogP contribution in [0, 0.1) is 0 Å². The van der Waals surface area contributed by atoms with Crippen LogP contribution in [-0.4, -0.2) is 41.1 Å². The molecule has 8 heteroatoms. The standard InChI is InChI=1S/C18H21Cl2N3O3/c1-11(24)23-9-14(7-15(23)8-18(25)21-13-3-4-13)22-26-10-12-2-5-16(19)17(20)6-12/h2,5-6,13,15H,3-4,7-10H2,1H3,(H,21,25)/t15-/m0/s1. The van der Waals surface area contributed by atoms with Crippen LogP contribution >= 0.6 is 23.2 Å². The fraction of sp³-hybridized carbons (Fsp3) is 0.500. The third-order valence-electron chi connectivity index (χ3n) is 4.44. The molecule has 6 nitrogen and oxygen atoms in total. The first-order valence-electron chi connectivity index (χ1n) is 8.60. The van der Waals surface area contributed by atoms with E-state index in [4.69, 9.17) is 28.0 Å². The van der Waals surface area contributed by atoms with E-state index in [1.807, 2.05) is 6.07 Å². The smallest absolute Gasteiger partial charge is 0.222 e. The SMILES string of the molecule is CC(=O)N1CC(=NOCc2ccc(Cl)c(Cl)c2)C[C@H]1CC(=O)NC1CC1. The lowest BCUT2D eigenvalue weighted by atomic mass is 10.1. The maximum atomic E-state index is 12.0. The molecule has 1 saturated carbocycles. The predicted octanol–water partition coefficient (Wildman–Crippen LogP) is 3.16. The number of hydrogen-bond donors (Lipinski definition) is 1. The van der Waals surface area contributed by atoms with Gasteiger partial charge in [-0.25, -0.2) is 0 Å². The van der Waals surface area contributed by atoms with Gasteiger partial charge < -0.3 is 15.1 Å².